The topological polar surface area (TPSA) is 59.3 Å². The quantitative estimate of drug-likeness (QED) is 0.780. The zero-order valence-electron chi connectivity index (χ0n) is 12.3. The molecule has 2 aromatic carbocycles. The van der Waals surface area contributed by atoms with E-state index in [4.69, 9.17) is 4.42 Å². The summed E-state index contributed by atoms with van der Waals surface area (Å²) in [6.45, 7) is 0. The second-order valence-electron chi connectivity index (χ2n) is 5.00. The molecular formula is C18H15NO3S. The van der Waals surface area contributed by atoms with Gasteiger partial charge in [-0.05, 0) is 29.3 Å². The highest BCUT2D eigenvalue weighted by atomic mass is 32.2. The molecule has 1 heterocycles. The summed E-state index contributed by atoms with van der Waals surface area (Å²) in [6.07, 6.45) is 3.20. The van der Waals surface area contributed by atoms with E-state index in [1.807, 2.05) is 42.5 Å². The zero-order valence-corrected chi connectivity index (χ0v) is 13.1. The van der Waals surface area contributed by atoms with E-state index in [2.05, 4.69) is 4.72 Å². The number of hydrogen-bond acceptors (Lipinski definition) is 3. The summed E-state index contributed by atoms with van der Waals surface area (Å²) in [5.41, 5.74) is 3.15. The van der Waals surface area contributed by atoms with Gasteiger partial charge in [0, 0.05) is 11.1 Å². The first-order valence-electron chi connectivity index (χ1n) is 7.08. The molecule has 5 heteroatoms. The molecule has 0 spiro atoms. The van der Waals surface area contributed by atoms with Gasteiger partial charge in [0.25, 0.3) is 5.91 Å². The highest BCUT2D eigenvalue weighted by Gasteiger charge is 2.11. The van der Waals surface area contributed by atoms with Crippen molar-refractivity contribution in [3.63, 3.8) is 0 Å². The normalized spacial score (nSPS) is 11.8. The first-order valence-corrected chi connectivity index (χ1v) is 8.40. The van der Waals surface area contributed by atoms with E-state index in [0.717, 1.165) is 16.7 Å². The van der Waals surface area contributed by atoms with Crippen LogP contribution in [-0.4, -0.2) is 10.1 Å². The van der Waals surface area contributed by atoms with Gasteiger partial charge in [0.05, 0.1) is 18.3 Å². The molecule has 4 nitrogen and oxygen atoms in total. The van der Waals surface area contributed by atoms with E-state index < -0.39 is 11.0 Å². The number of carbonyl (C=O) groups is 1. The van der Waals surface area contributed by atoms with Crippen LogP contribution < -0.4 is 4.72 Å². The molecule has 3 rings (SSSR count). The van der Waals surface area contributed by atoms with E-state index in [9.17, 15) is 9.00 Å². The SMILES string of the molecule is O=C(NS(=O)Cc1ccccc1)c1cccc(-c2ccoc2)c1. The molecule has 1 unspecified atom stereocenters. The van der Waals surface area contributed by atoms with Gasteiger partial charge in [-0.15, -0.1) is 0 Å². The summed E-state index contributed by atoms with van der Waals surface area (Å²) >= 11 is 0. The molecule has 0 aliphatic carbocycles. The van der Waals surface area contributed by atoms with Gasteiger partial charge < -0.3 is 4.42 Å². The lowest BCUT2D eigenvalue weighted by atomic mass is 10.1. The predicted molar refractivity (Wildman–Crippen MR) is 89.9 cm³/mol. The number of carbonyl (C=O) groups excluding carboxylic acids is 1. The lowest BCUT2D eigenvalue weighted by molar-refractivity contribution is 0.0983. The van der Waals surface area contributed by atoms with Crippen molar-refractivity contribution < 1.29 is 13.4 Å². The van der Waals surface area contributed by atoms with Gasteiger partial charge in [-0.1, -0.05) is 42.5 Å². The fourth-order valence-corrected chi connectivity index (χ4v) is 3.08. The van der Waals surface area contributed by atoms with E-state index in [-0.39, 0.29) is 11.7 Å². The number of amides is 1. The van der Waals surface area contributed by atoms with Crippen molar-refractivity contribution in [3.8, 4) is 11.1 Å². The monoisotopic (exact) mass is 325 g/mol. The Morgan fingerprint density at radius 3 is 2.57 bits per heavy atom. The molecular weight excluding hydrogens is 310 g/mol. The Morgan fingerprint density at radius 1 is 1.00 bits per heavy atom. The molecule has 0 saturated heterocycles. The third-order valence-electron chi connectivity index (χ3n) is 3.33. The maximum atomic E-state index is 12.2. The number of furan rings is 1. The molecule has 1 amide bonds. The van der Waals surface area contributed by atoms with Crippen LogP contribution in [0, 0.1) is 0 Å². The van der Waals surface area contributed by atoms with Crippen LogP contribution in [0.4, 0.5) is 0 Å². The van der Waals surface area contributed by atoms with Crippen LogP contribution in [0.15, 0.2) is 77.6 Å². The third kappa shape index (κ3) is 3.96. The second kappa shape index (κ2) is 7.07. The van der Waals surface area contributed by atoms with Gasteiger partial charge in [-0.2, -0.15) is 0 Å². The van der Waals surface area contributed by atoms with Crippen LogP contribution >= 0.6 is 0 Å². The molecule has 0 aliphatic heterocycles. The summed E-state index contributed by atoms with van der Waals surface area (Å²) in [5, 5.41) is 0. The smallest absolute Gasteiger partial charge is 0.262 e. The minimum Gasteiger partial charge on any atom is -0.472 e. The van der Waals surface area contributed by atoms with Crippen LogP contribution in [0.3, 0.4) is 0 Å². The minimum atomic E-state index is -1.46. The second-order valence-corrected chi connectivity index (χ2v) is 6.18. The molecule has 0 fully saturated rings. The van der Waals surface area contributed by atoms with E-state index in [0.29, 0.717) is 5.56 Å². The maximum Gasteiger partial charge on any atom is 0.262 e. The fraction of sp³-hybridized carbons (Fsp3) is 0.0556. The Labute approximate surface area is 136 Å². The third-order valence-corrected chi connectivity index (χ3v) is 4.33. The standard InChI is InChI=1S/C18H15NO3S/c20-18(19-23(21)13-14-5-2-1-3-6-14)16-8-4-7-15(11-16)17-9-10-22-12-17/h1-12H,13H2,(H,19,20). The van der Waals surface area contributed by atoms with Crippen LogP contribution in [-0.2, 0) is 16.7 Å². The number of benzene rings is 2. The van der Waals surface area contributed by atoms with Crippen molar-refractivity contribution in [1.82, 2.24) is 4.72 Å². The summed E-state index contributed by atoms with van der Waals surface area (Å²) in [7, 11) is -1.46. The van der Waals surface area contributed by atoms with Crippen molar-refractivity contribution in [2.45, 2.75) is 5.75 Å². The number of hydrogen-bond donors (Lipinski definition) is 1. The first-order chi connectivity index (χ1) is 11.2. The molecule has 116 valence electrons. The van der Waals surface area contributed by atoms with Crippen molar-refractivity contribution in [2.24, 2.45) is 0 Å². The highest BCUT2D eigenvalue weighted by Crippen LogP contribution is 2.20. The summed E-state index contributed by atoms with van der Waals surface area (Å²) in [4.78, 5) is 12.2. The summed E-state index contributed by atoms with van der Waals surface area (Å²) in [5.74, 6) is -0.0711. The molecule has 0 radical (unpaired) electrons. The summed E-state index contributed by atoms with van der Waals surface area (Å²) in [6, 6.07) is 18.4. The molecule has 0 aliphatic rings. The molecule has 1 atom stereocenters. The predicted octanol–water partition coefficient (Wildman–Crippen LogP) is 3.54. The first kappa shape index (κ1) is 15.2. The van der Waals surface area contributed by atoms with Crippen molar-refractivity contribution in [3.05, 3.63) is 84.3 Å². The van der Waals surface area contributed by atoms with Gasteiger partial charge in [0.1, 0.15) is 11.0 Å². The van der Waals surface area contributed by atoms with Crippen molar-refractivity contribution in [2.75, 3.05) is 0 Å². The Morgan fingerprint density at radius 2 is 1.83 bits per heavy atom. The molecule has 3 aromatic rings. The highest BCUT2D eigenvalue weighted by molar-refractivity contribution is 7.82. The maximum absolute atomic E-state index is 12.2. The minimum absolute atomic E-state index is 0.286. The average molecular weight is 325 g/mol. The van der Waals surface area contributed by atoms with Crippen LogP contribution in [0.5, 0.6) is 0 Å². The van der Waals surface area contributed by atoms with E-state index in [1.54, 1.807) is 30.7 Å². The largest absolute Gasteiger partial charge is 0.472 e. The van der Waals surface area contributed by atoms with Crippen molar-refractivity contribution >= 4 is 16.9 Å². The van der Waals surface area contributed by atoms with Gasteiger partial charge in [0.2, 0.25) is 0 Å². The van der Waals surface area contributed by atoms with Crippen LogP contribution in [0.2, 0.25) is 0 Å². The number of rotatable bonds is 5. The Hall–Kier alpha value is -2.66. The van der Waals surface area contributed by atoms with E-state index in [1.165, 1.54) is 0 Å². The van der Waals surface area contributed by atoms with Gasteiger partial charge in [-0.3, -0.25) is 9.52 Å². The van der Waals surface area contributed by atoms with Crippen molar-refractivity contribution in [1.29, 1.82) is 0 Å². The Bertz CT molecular complexity index is 813. The fourth-order valence-electron chi connectivity index (χ4n) is 2.19. The molecule has 23 heavy (non-hydrogen) atoms. The Kier molecular flexibility index (Phi) is 4.68. The molecule has 1 N–H and O–H groups in total. The number of nitrogens with one attached hydrogen (secondary N) is 1. The molecule has 0 saturated carbocycles. The lowest BCUT2D eigenvalue weighted by Crippen LogP contribution is -2.26. The zero-order chi connectivity index (χ0) is 16.1. The summed E-state index contributed by atoms with van der Waals surface area (Å²) < 4.78 is 19.7. The van der Waals surface area contributed by atoms with Gasteiger partial charge >= 0.3 is 0 Å². The van der Waals surface area contributed by atoms with Crippen LogP contribution in [0.25, 0.3) is 11.1 Å². The van der Waals surface area contributed by atoms with Crippen LogP contribution in [0.1, 0.15) is 15.9 Å². The Balaban J connectivity index is 1.69. The van der Waals surface area contributed by atoms with Gasteiger partial charge in [-0.25, -0.2) is 4.21 Å². The lowest BCUT2D eigenvalue weighted by Gasteiger charge is -2.06. The average Bonchev–Trinajstić information content (AvgIpc) is 3.10. The van der Waals surface area contributed by atoms with Gasteiger partial charge in [0.15, 0.2) is 0 Å². The molecule has 0 bridgehead atoms. The van der Waals surface area contributed by atoms with E-state index >= 15 is 0 Å². The molecule has 1 aromatic heterocycles.